The summed E-state index contributed by atoms with van der Waals surface area (Å²) < 4.78 is 41.9. The zero-order valence-electron chi connectivity index (χ0n) is 12.2. The molecule has 1 aromatic carbocycles. The molecule has 1 fully saturated rings. The number of hydrogen-bond acceptors (Lipinski definition) is 5. The number of benzene rings is 1. The second kappa shape index (κ2) is 7.45. The van der Waals surface area contributed by atoms with Crippen molar-refractivity contribution in [2.24, 2.45) is 5.92 Å². The van der Waals surface area contributed by atoms with Crippen molar-refractivity contribution in [1.82, 2.24) is 5.06 Å². The van der Waals surface area contributed by atoms with Gasteiger partial charge >= 0.3 is 12.3 Å². The fraction of sp³-hybridized carbons (Fsp3) is 0.467. The summed E-state index contributed by atoms with van der Waals surface area (Å²) in [7, 11) is 0. The number of carbonyl (C=O) groups excluding carboxylic acids is 2. The molecule has 0 spiro atoms. The van der Waals surface area contributed by atoms with Crippen LogP contribution in [-0.4, -0.2) is 36.3 Å². The van der Waals surface area contributed by atoms with Gasteiger partial charge in [-0.05, 0) is 18.4 Å². The molecule has 8 heteroatoms. The lowest BCUT2D eigenvalue weighted by Crippen LogP contribution is -2.41. The number of halogens is 3. The highest BCUT2D eigenvalue weighted by molar-refractivity contribution is 5.86. The van der Waals surface area contributed by atoms with Gasteiger partial charge in [0.05, 0.1) is 0 Å². The molecule has 0 bridgehead atoms. The standard InChI is InChI=1S/C15H16F3NO4/c16-15(17,18)13(20)12-6-8-19(9-7-12)23-14(21)22-10-11-4-2-1-3-5-11/h1-5,12H,6-10H2. The van der Waals surface area contributed by atoms with Crippen molar-refractivity contribution in [2.75, 3.05) is 13.1 Å². The zero-order valence-corrected chi connectivity index (χ0v) is 12.2. The number of hydrogen-bond donors (Lipinski definition) is 0. The molecule has 1 aliphatic rings. The van der Waals surface area contributed by atoms with E-state index in [1.54, 1.807) is 24.3 Å². The first-order valence-electron chi connectivity index (χ1n) is 7.11. The Kier molecular flexibility index (Phi) is 5.59. The Labute approximate surface area is 130 Å². The topological polar surface area (TPSA) is 55.8 Å². The normalized spacial score (nSPS) is 16.8. The Balaban J connectivity index is 1.72. The predicted molar refractivity (Wildman–Crippen MR) is 73.1 cm³/mol. The molecule has 5 nitrogen and oxygen atoms in total. The summed E-state index contributed by atoms with van der Waals surface area (Å²) in [4.78, 5) is 27.6. The average Bonchev–Trinajstić information content (AvgIpc) is 2.53. The summed E-state index contributed by atoms with van der Waals surface area (Å²) in [5, 5.41) is 1.22. The fourth-order valence-electron chi connectivity index (χ4n) is 2.29. The predicted octanol–water partition coefficient (Wildman–Crippen LogP) is 3.10. The van der Waals surface area contributed by atoms with E-state index in [0.717, 1.165) is 5.56 Å². The highest BCUT2D eigenvalue weighted by Crippen LogP contribution is 2.27. The van der Waals surface area contributed by atoms with Gasteiger partial charge < -0.3 is 9.57 Å². The van der Waals surface area contributed by atoms with Crippen LogP contribution in [0.3, 0.4) is 0 Å². The molecule has 0 aromatic heterocycles. The Morgan fingerprint density at radius 2 is 1.74 bits per heavy atom. The second-order valence-corrected chi connectivity index (χ2v) is 5.18. The van der Waals surface area contributed by atoms with Gasteiger partial charge in [0.15, 0.2) is 0 Å². The first-order valence-corrected chi connectivity index (χ1v) is 7.11. The lowest BCUT2D eigenvalue weighted by Gasteiger charge is -2.29. The highest BCUT2D eigenvalue weighted by Gasteiger charge is 2.44. The van der Waals surface area contributed by atoms with Gasteiger partial charge in [-0.3, -0.25) is 4.79 Å². The molecule has 23 heavy (non-hydrogen) atoms. The number of hydroxylamine groups is 2. The van der Waals surface area contributed by atoms with Gasteiger partial charge in [-0.25, -0.2) is 4.79 Å². The van der Waals surface area contributed by atoms with Crippen molar-refractivity contribution in [3.63, 3.8) is 0 Å². The minimum Gasteiger partial charge on any atom is -0.428 e. The number of piperidine rings is 1. The first-order chi connectivity index (χ1) is 10.9. The van der Waals surface area contributed by atoms with Crippen LogP contribution in [0.5, 0.6) is 0 Å². The molecule has 0 atom stereocenters. The van der Waals surface area contributed by atoms with Crippen molar-refractivity contribution >= 4 is 11.9 Å². The molecule has 0 aliphatic carbocycles. The molecule has 0 unspecified atom stereocenters. The summed E-state index contributed by atoms with van der Waals surface area (Å²) in [5.74, 6) is -2.79. The van der Waals surface area contributed by atoms with Crippen molar-refractivity contribution in [3.05, 3.63) is 35.9 Å². The number of ether oxygens (including phenoxy) is 1. The van der Waals surface area contributed by atoms with Crippen LogP contribution in [0.1, 0.15) is 18.4 Å². The van der Waals surface area contributed by atoms with E-state index >= 15 is 0 Å². The zero-order chi connectivity index (χ0) is 16.9. The van der Waals surface area contributed by atoms with Gasteiger partial charge in [0.2, 0.25) is 5.78 Å². The van der Waals surface area contributed by atoms with E-state index in [1.165, 1.54) is 5.06 Å². The fourth-order valence-corrected chi connectivity index (χ4v) is 2.29. The maximum Gasteiger partial charge on any atom is 0.528 e. The van der Waals surface area contributed by atoms with Crippen LogP contribution in [0.15, 0.2) is 30.3 Å². The minimum absolute atomic E-state index is 0.00961. The number of Topliss-reactive ketones (excluding diaryl/α,β-unsaturated/α-hetero) is 1. The largest absolute Gasteiger partial charge is 0.528 e. The first kappa shape index (κ1) is 17.3. The molecule has 0 radical (unpaired) electrons. The summed E-state index contributed by atoms with van der Waals surface area (Å²) in [6.45, 7) is 0.169. The van der Waals surface area contributed by atoms with Crippen LogP contribution in [0, 0.1) is 5.92 Å². The van der Waals surface area contributed by atoms with E-state index in [4.69, 9.17) is 9.57 Å². The van der Waals surface area contributed by atoms with Crippen molar-refractivity contribution in [3.8, 4) is 0 Å². The molecule has 1 heterocycles. The van der Waals surface area contributed by atoms with Crippen molar-refractivity contribution in [1.29, 1.82) is 0 Å². The number of nitrogens with zero attached hydrogens (tertiary/aromatic N) is 1. The van der Waals surface area contributed by atoms with Gasteiger partial charge in [-0.15, -0.1) is 5.06 Å². The third kappa shape index (κ3) is 5.24. The Morgan fingerprint density at radius 1 is 1.13 bits per heavy atom. The summed E-state index contributed by atoms with van der Waals surface area (Å²) in [6.07, 6.45) is -5.76. The molecule has 0 saturated carbocycles. The van der Waals surface area contributed by atoms with E-state index in [-0.39, 0.29) is 32.5 Å². The Hall–Kier alpha value is -2.09. The second-order valence-electron chi connectivity index (χ2n) is 5.18. The molecule has 1 aliphatic heterocycles. The quantitative estimate of drug-likeness (QED) is 0.794. The number of alkyl halides is 3. The summed E-state index contributed by atoms with van der Waals surface area (Å²) >= 11 is 0. The average molecular weight is 331 g/mol. The van der Waals surface area contributed by atoms with E-state index in [2.05, 4.69) is 0 Å². The maximum atomic E-state index is 12.3. The number of ketones is 1. The van der Waals surface area contributed by atoms with Gasteiger partial charge in [-0.2, -0.15) is 13.2 Å². The molecule has 1 aromatic rings. The number of rotatable bonds is 4. The van der Waals surface area contributed by atoms with Crippen molar-refractivity contribution < 1.29 is 32.3 Å². The van der Waals surface area contributed by atoms with Crippen LogP contribution in [0.4, 0.5) is 18.0 Å². The van der Waals surface area contributed by atoms with Crippen LogP contribution >= 0.6 is 0 Å². The molecule has 126 valence electrons. The van der Waals surface area contributed by atoms with E-state index in [0.29, 0.717) is 0 Å². The van der Waals surface area contributed by atoms with Gasteiger partial charge in [0, 0.05) is 19.0 Å². The minimum atomic E-state index is -4.82. The summed E-state index contributed by atoms with van der Waals surface area (Å²) in [5.41, 5.74) is 0.791. The third-order valence-corrected chi connectivity index (χ3v) is 3.51. The molecule has 0 amide bonds. The van der Waals surface area contributed by atoms with E-state index < -0.39 is 24.0 Å². The number of carbonyl (C=O) groups is 2. The van der Waals surface area contributed by atoms with Gasteiger partial charge in [-0.1, -0.05) is 30.3 Å². The van der Waals surface area contributed by atoms with Crippen LogP contribution in [0.2, 0.25) is 0 Å². The van der Waals surface area contributed by atoms with Gasteiger partial charge in [0.1, 0.15) is 6.61 Å². The van der Waals surface area contributed by atoms with E-state index in [1.807, 2.05) is 6.07 Å². The van der Waals surface area contributed by atoms with Crippen LogP contribution < -0.4 is 0 Å². The summed E-state index contributed by atoms with van der Waals surface area (Å²) in [6, 6.07) is 8.98. The van der Waals surface area contributed by atoms with Crippen molar-refractivity contribution in [2.45, 2.75) is 25.6 Å². The Morgan fingerprint density at radius 3 is 2.30 bits per heavy atom. The smallest absolute Gasteiger partial charge is 0.428 e. The molecular weight excluding hydrogens is 315 g/mol. The molecule has 0 N–H and O–H groups in total. The lowest BCUT2D eigenvalue weighted by molar-refractivity contribution is -0.183. The Bertz CT molecular complexity index is 539. The van der Waals surface area contributed by atoms with Crippen LogP contribution in [-0.2, 0) is 21.0 Å². The van der Waals surface area contributed by atoms with Gasteiger partial charge in [0.25, 0.3) is 0 Å². The molecular formula is C15H16F3NO4. The maximum absolute atomic E-state index is 12.3. The molecule has 2 rings (SSSR count). The van der Waals surface area contributed by atoms with E-state index in [9.17, 15) is 22.8 Å². The highest BCUT2D eigenvalue weighted by atomic mass is 19.4. The SMILES string of the molecule is O=C(OCc1ccccc1)ON1CCC(C(=O)C(F)(F)F)CC1. The lowest BCUT2D eigenvalue weighted by atomic mass is 9.93. The molecule has 1 saturated heterocycles. The monoisotopic (exact) mass is 331 g/mol. The third-order valence-electron chi connectivity index (χ3n) is 3.51. The van der Waals surface area contributed by atoms with Crippen LogP contribution in [0.25, 0.3) is 0 Å².